The number of thioether (sulfide) groups is 1. The van der Waals surface area contributed by atoms with Crippen LogP contribution in [-0.4, -0.2) is 46.3 Å². The van der Waals surface area contributed by atoms with Gasteiger partial charge in [0.05, 0.1) is 0 Å². The molecule has 1 aliphatic carbocycles. The second-order valence-electron chi connectivity index (χ2n) is 7.69. The Morgan fingerprint density at radius 3 is 2.48 bits per heavy atom. The van der Waals surface area contributed by atoms with E-state index in [-0.39, 0.29) is 23.5 Å². The van der Waals surface area contributed by atoms with Gasteiger partial charge in [-0.2, -0.15) is 4.99 Å². The van der Waals surface area contributed by atoms with E-state index in [4.69, 9.17) is 0 Å². The highest BCUT2D eigenvalue weighted by Gasteiger charge is 2.33. The fourth-order valence-corrected chi connectivity index (χ4v) is 5.18. The highest BCUT2D eigenvalue weighted by Crippen LogP contribution is 2.29. The maximum atomic E-state index is 12.5. The van der Waals surface area contributed by atoms with Crippen LogP contribution < -0.4 is 5.32 Å². The Hall–Kier alpha value is -1.04. The lowest BCUT2D eigenvalue weighted by molar-refractivity contribution is -0.132. The molecule has 0 radical (unpaired) electrons. The number of carbonyl (C=O) groups is 2. The van der Waals surface area contributed by atoms with Gasteiger partial charge in [0, 0.05) is 25.6 Å². The van der Waals surface area contributed by atoms with E-state index in [1.807, 2.05) is 4.90 Å². The van der Waals surface area contributed by atoms with Crippen LogP contribution in [0.4, 0.5) is 0 Å². The summed E-state index contributed by atoms with van der Waals surface area (Å²) in [6, 6.07) is 0.347. The van der Waals surface area contributed by atoms with Crippen LogP contribution >= 0.6 is 11.8 Å². The first-order chi connectivity index (χ1) is 12.1. The fraction of sp³-hybridized carbons (Fsp3) is 0.842. The zero-order valence-corrected chi connectivity index (χ0v) is 16.2. The summed E-state index contributed by atoms with van der Waals surface area (Å²) >= 11 is 1.45. The molecule has 3 rings (SSSR count). The van der Waals surface area contributed by atoms with E-state index in [1.165, 1.54) is 56.7 Å². The maximum Gasteiger partial charge on any atom is 0.262 e. The van der Waals surface area contributed by atoms with Crippen LogP contribution in [-0.2, 0) is 9.59 Å². The normalized spacial score (nSPS) is 26.9. The van der Waals surface area contributed by atoms with Crippen LogP contribution in [0.2, 0.25) is 0 Å². The summed E-state index contributed by atoms with van der Waals surface area (Å²) in [5.74, 6) is 0.640. The van der Waals surface area contributed by atoms with Gasteiger partial charge in [0.25, 0.3) is 5.91 Å². The molecule has 0 aromatic rings. The molecule has 6 heteroatoms. The van der Waals surface area contributed by atoms with E-state index in [0.717, 1.165) is 31.1 Å². The van der Waals surface area contributed by atoms with Gasteiger partial charge in [-0.1, -0.05) is 43.9 Å². The average molecular weight is 366 g/mol. The third kappa shape index (κ3) is 5.22. The summed E-state index contributed by atoms with van der Waals surface area (Å²) in [6.07, 6.45) is 11.3. The molecule has 2 aliphatic heterocycles. The fourth-order valence-electron chi connectivity index (χ4n) is 4.13. The van der Waals surface area contributed by atoms with Gasteiger partial charge in [0.1, 0.15) is 5.25 Å². The van der Waals surface area contributed by atoms with Gasteiger partial charge < -0.3 is 10.2 Å². The molecule has 2 heterocycles. The SMILES string of the molecule is C[C@@H](NC1=NC(=O)C(CC(=O)N2CCCCCC2)S1)C1CCCCC1. The number of carbonyl (C=O) groups excluding carboxylic acids is 2. The van der Waals surface area contributed by atoms with Crippen LogP contribution in [0.15, 0.2) is 4.99 Å². The third-order valence-electron chi connectivity index (χ3n) is 5.77. The molecule has 0 aromatic carbocycles. The van der Waals surface area contributed by atoms with Crippen molar-refractivity contribution in [3.8, 4) is 0 Å². The molecule has 25 heavy (non-hydrogen) atoms. The second-order valence-corrected chi connectivity index (χ2v) is 8.88. The van der Waals surface area contributed by atoms with Crippen molar-refractivity contribution in [1.82, 2.24) is 10.2 Å². The monoisotopic (exact) mass is 365 g/mol. The maximum absolute atomic E-state index is 12.5. The highest BCUT2D eigenvalue weighted by molar-refractivity contribution is 8.15. The van der Waals surface area contributed by atoms with Crippen molar-refractivity contribution in [3.63, 3.8) is 0 Å². The Labute approximate surface area is 155 Å². The summed E-state index contributed by atoms with van der Waals surface area (Å²) in [5, 5.41) is 3.82. The minimum atomic E-state index is -0.336. The van der Waals surface area contributed by atoms with Gasteiger partial charge in [0.2, 0.25) is 5.91 Å². The minimum Gasteiger partial charge on any atom is -0.362 e. The number of aliphatic imine (C=N–C) groups is 1. The van der Waals surface area contributed by atoms with Gasteiger partial charge in [-0.25, -0.2) is 0 Å². The number of amides is 2. The molecular formula is C19H31N3O2S. The van der Waals surface area contributed by atoms with E-state index >= 15 is 0 Å². The molecule has 140 valence electrons. The van der Waals surface area contributed by atoms with E-state index in [9.17, 15) is 9.59 Å². The van der Waals surface area contributed by atoms with Gasteiger partial charge >= 0.3 is 0 Å². The first-order valence-corrected chi connectivity index (χ1v) is 10.8. The number of hydrogen-bond acceptors (Lipinski definition) is 4. The van der Waals surface area contributed by atoms with Crippen molar-refractivity contribution in [1.29, 1.82) is 0 Å². The van der Waals surface area contributed by atoms with E-state index in [1.54, 1.807) is 0 Å². The zero-order chi connectivity index (χ0) is 17.6. The van der Waals surface area contributed by atoms with E-state index in [2.05, 4.69) is 17.2 Å². The van der Waals surface area contributed by atoms with Gasteiger partial charge in [0.15, 0.2) is 5.17 Å². The first-order valence-electron chi connectivity index (χ1n) is 9.97. The first kappa shape index (κ1) is 18.7. The number of hydrogen-bond donors (Lipinski definition) is 1. The van der Waals surface area contributed by atoms with Crippen LogP contribution in [0.1, 0.15) is 71.1 Å². The Balaban J connectivity index is 1.47. The molecule has 0 bridgehead atoms. The van der Waals surface area contributed by atoms with Crippen LogP contribution in [0.5, 0.6) is 0 Å². The van der Waals surface area contributed by atoms with Crippen molar-refractivity contribution in [2.75, 3.05) is 13.1 Å². The van der Waals surface area contributed by atoms with E-state index < -0.39 is 0 Å². The Kier molecular flexibility index (Phi) is 6.79. The summed E-state index contributed by atoms with van der Waals surface area (Å²) < 4.78 is 0. The molecular weight excluding hydrogens is 334 g/mol. The number of rotatable bonds is 4. The molecule has 1 unspecified atom stereocenters. The van der Waals surface area contributed by atoms with Crippen molar-refractivity contribution < 1.29 is 9.59 Å². The average Bonchev–Trinajstić information content (AvgIpc) is 2.82. The molecule has 3 aliphatic rings. The lowest BCUT2D eigenvalue weighted by Crippen LogP contribution is -2.37. The van der Waals surface area contributed by atoms with Gasteiger partial charge in [-0.15, -0.1) is 0 Å². The number of nitrogens with zero attached hydrogens (tertiary/aromatic N) is 2. The number of nitrogens with one attached hydrogen (secondary N) is 1. The lowest BCUT2D eigenvalue weighted by Gasteiger charge is -2.28. The van der Waals surface area contributed by atoms with Crippen molar-refractivity contribution in [2.24, 2.45) is 10.9 Å². The molecule has 1 saturated carbocycles. The second kappa shape index (κ2) is 9.06. The lowest BCUT2D eigenvalue weighted by atomic mass is 9.85. The molecule has 5 nitrogen and oxygen atoms in total. The summed E-state index contributed by atoms with van der Waals surface area (Å²) in [7, 11) is 0. The number of amidine groups is 1. The predicted octanol–water partition coefficient (Wildman–Crippen LogP) is 3.34. The molecule has 2 amide bonds. The van der Waals surface area contributed by atoms with Crippen molar-refractivity contribution >= 4 is 28.7 Å². The zero-order valence-electron chi connectivity index (χ0n) is 15.3. The van der Waals surface area contributed by atoms with E-state index in [0.29, 0.717) is 12.0 Å². The predicted molar refractivity (Wildman–Crippen MR) is 103 cm³/mol. The topological polar surface area (TPSA) is 61.8 Å². The summed E-state index contributed by atoms with van der Waals surface area (Å²) in [6.45, 7) is 3.88. The van der Waals surface area contributed by atoms with Crippen molar-refractivity contribution in [3.05, 3.63) is 0 Å². The molecule has 2 fully saturated rings. The summed E-state index contributed by atoms with van der Waals surface area (Å²) in [5.41, 5.74) is 0. The minimum absolute atomic E-state index is 0.115. The third-order valence-corrected chi connectivity index (χ3v) is 6.85. The smallest absolute Gasteiger partial charge is 0.262 e. The number of likely N-dealkylation sites (tertiary alicyclic amines) is 1. The van der Waals surface area contributed by atoms with Gasteiger partial charge in [-0.05, 0) is 38.5 Å². The molecule has 0 spiro atoms. The quantitative estimate of drug-likeness (QED) is 0.830. The Bertz CT molecular complexity index is 509. The molecule has 0 aromatic heterocycles. The molecule has 2 atom stereocenters. The summed E-state index contributed by atoms with van der Waals surface area (Å²) in [4.78, 5) is 30.8. The standard InChI is InChI=1S/C19H31N3O2S/c1-14(15-9-5-4-6-10-15)20-19-21-18(24)16(25-19)13-17(23)22-11-7-2-3-8-12-22/h14-16H,2-13H2,1H3,(H,20,21,24)/t14-,16?/m1/s1. The molecule has 1 N–H and O–H groups in total. The Morgan fingerprint density at radius 2 is 1.80 bits per heavy atom. The Morgan fingerprint density at radius 1 is 1.16 bits per heavy atom. The van der Waals surface area contributed by atoms with Crippen LogP contribution in [0.3, 0.4) is 0 Å². The van der Waals surface area contributed by atoms with Crippen LogP contribution in [0, 0.1) is 5.92 Å². The highest BCUT2D eigenvalue weighted by atomic mass is 32.2. The van der Waals surface area contributed by atoms with Gasteiger partial charge in [-0.3, -0.25) is 9.59 Å². The van der Waals surface area contributed by atoms with Crippen molar-refractivity contribution in [2.45, 2.75) is 82.4 Å². The largest absolute Gasteiger partial charge is 0.362 e. The molecule has 1 saturated heterocycles. The van der Waals surface area contributed by atoms with Crippen LogP contribution in [0.25, 0.3) is 0 Å².